The van der Waals surface area contributed by atoms with E-state index in [1.807, 2.05) is 0 Å². The summed E-state index contributed by atoms with van der Waals surface area (Å²) in [6, 6.07) is 0. The molecule has 27 heavy (non-hydrogen) atoms. The molecule has 0 aliphatic carbocycles. The molecule has 0 saturated carbocycles. The fourth-order valence-corrected chi connectivity index (χ4v) is 2.60. The minimum Gasteiger partial charge on any atom is -0.247 e. The summed E-state index contributed by atoms with van der Waals surface area (Å²) in [6.07, 6.45) is 2.08. The molecule has 0 N–H and O–H groups in total. The van der Waals surface area contributed by atoms with E-state index in [0.717, 1.165) is 0 Å². The predicted molar refractivity (Wildman–Crippen MR) is 111 cm³/mol. The molecule has 6 heteroatoms. The van der Waals surface area contributed by atoms with Gasteiger partial charge in [-0.15, -0.1) is 0 Å². The van der Waals surface area contributed by atoms with Crippen LogP contribution in [0.3, 0.4) is 0 Å². The zero-order valence-electron chi connectivity index (χ0n) is 18.8. The Morgan fingerprint density at radius 1 is 0.481 bits per heavy atom. The molecule has 0 radical (unpaired) electrons. The first-order valence-corrected chi connectivity index (χ1v) is 9.96. The maximum absolute atomic E-state index is 12.9. The molecule has 0 saturated heterocycles. The largest absolute Gasteiger partial charge is 0.336 e. The molecule has 1 aromatic rings. The highest BCUT2D eigenvalue weighted by molar-refractivity contribution is 4.81. The van der Waals surface area contributed by atoms with Crippen LogP contribution in [0.15, 0.2) is 14.4 Å². The van der Waals surface area contributed by atoms with Crippen LogP contribution < -0.4 is 17.1 Å². The maximum atomic E-state index is 12.9. The molecule has 6 nitrogen and oxygen atoms in total. The lowest BCUT2D eigenvalue weighted by Gasteiger charge is -2.22. The Hall–Kier alpha value is -1.59. The van der Waals surface area contributed by atoms with Crippen LogP contribution in [0.2, 0.25) is 0 Å². The zero-order chi connectivity index (χ0) is 21.2. The third-order valence-electron chi connectivity index (χ3n) is 4.64. The first kappa shape index (κ1) is 23.4. The van der Waals surface area contributed by atoms with Gasteiger partial charge in [-0.1, -0.05) is 62.3 Å². The van der Waals surface area contributed by atoms with Crippen molar-refractivity contribution in [2.75, 3.05) is 0 Å². The smallest absolute Gasteiger partial charge is 0.247 e. The molecule has 156 valence electrons. The number of rotatable bonds is 6. The fourth-order valence-electron chi connectivity index (χ4n) is 2.60. The Morgan fingerprint density at radius 2 is 0.667 bits per heavy atom. The van der Waals surface area contributed by atoms with Crippen molar-refractivity contribution in [3.8, 4) is 0 Å². The molecule has 1 heterocycles. The van der Waals surface area contributed by atoms with E-state index in [4.69, 9.17) is 0 Å². The maximum Gasteiger partial charge on any atom is 0.336 e. The number of hydrogen-bond donors (Lipinski definition) is 0. The van der Waals surface area contributed by atoms with Crippen LogP contribution in [-0.2, 0) is 19.6 Å². The quantitative estimate of drug-likeness (QED) is 0.758. The topological polar surface area (TPSA) is 66.0 Å². The minimum atomic E-state index is -0.481. The number of aromatic nitrogens is 3. The van der Waals surface area contributed by atoms with Gasteiger partial charge in [0.1, 0.15) is 0 Å². The molecule has 0 unspecified atom stereocenters. The van der Waals surface area contributed by atoms with Crippen LogP contribution in [0.25, 0.3) is 0 Å². The van der Waals surface area contributed by atoms with Crippen molar-refractivity contribution in [1.82, 2.24) is 13.7 Å². The molecule has 0 aliphatic heterocycles. The average Bonchev–Trinajstić information content (AvgIpc) is 2.43. The van der Waals surface area contributed by atoms with Gasteiger partial charge in [0, 0.05) is 19.6 Å². The van der Waals surface area contributed by atoms with Crippen molar-refractivity contribution in [3.63, 3.8) is 0 Å². The van der Waals surface area contributed by atoms with E-state index in [9.17, 15) is 14.4 Å². The van der Waals surface area contributed by atoms with Gasteiger partial charge in [0.2, 0.25) is 0 Å². The van der Waals surface area contributed by atoms with E-state index in [0.29, 0.717) is 38.9 Å². The SMILES string of the molecule is CC(C)(C)CCn1c(=O)n(CCC(C)(C)C)c(=O)n(CCC(C)(C)C)c1=O. The zero-order valence-corrected chi connectivity index (χ0v) is 18.8. The van der Waals surface area contributed by atoms with E-state index < -0.39 is 17.1 Å². The third-order valence-corrected chi connectivity index (χ3v) is 4.64. The lowest BCUT2D eigenvalue weighted by atomic mass is 9.92. The second-order valence-corrected chi connectivity index (χ2v) is 11.2. The molecular weight excluding hydrogens is 342 g/mol. The first-order chi connectivity index (χ1) is 12.0. The van der Waals surface area contributed by atoms with E-state index in [1.165, 1.54) is 13.7 Å². The molecule has 0 aliphatic rings. The van der Waals surface area contributed by atoms with Crippen LogP contribution in [-0.4, -0.2) is 13.7 Å². The summed E-state index contributed by atoms with van der Waals surface area (Å²) in [5.41, 5.74) is -1.46. The highest BCUT2D eigenvalue weighted by Crippen LogP contribution is 2.20. The average molecular weight is 382 g/mol. The van der Waals surface area contributed by atoms with Crippen LogP contribution in [0.5, 0.6) is 0 Å². The highest BCUT2D eigenvalue weighted by Gasteiger charge is 2.21. The van der Waals surface area contributed by atoms with Gasteiger partial charge >= 0.3 is 17.1 Å². The molecule has 0 fully saturated rings. The molecule has 0 amide bonds. The van der Waals surface area contributed by atoms with Crippen LogP contribution in [0, 0.1) is 16.2 Å². The van der Waals surface area contributed by atoms with Gasteiger partial charge in [-0.3, -0.25) is 0 Å². The Kier molecular flexibility index (Phi) is 7.11. The number of hydrogen-bond acceptors (Lipinski definition) is 3. The molecule has 0 atom stereocenters. The Labute approximate surface area is 163 Å². The molecule has 1 rings (SSSR count). The van der Waals surface area contributed by atoms with Gasteiger partial charge in [0.25, 0.3) is 0 Å². The molecule has 0 spiro atoms. The van der Waals surface area contributed by atoms with E-state index in [-0.39, 0.29) is 16.2 Å². The Balaban J connectivity index is 3.46. The minimum absolute atomic E-state index is 0.00546. The molecule has 0 aromatic carbocycles. The van der Waals surface area contributed by atoms with Gasteiger partial charge in [0.15, 0.2) is 0 Å². The Morgan fingerprint density at radius 3 is 0.815 bits per heavy atom. The van der Waals surface area contributed by atoms with Crippen molar-refractivity contribution in [2.45, 2.75) is 101 Å². The van der Waals surface area contributed by atoms with Gasteiger partial charge in [-0.25, -0.2) is 28.1 Å². The lowest BCUT2D eigenvalue weighted by molar-refractivity contribution is 0.298. The summed E-state index contributed by atoms with van der Waals surface area (Å²) in [6.45, 7) is 19.7. The third kappa shape index (κ3) is 7.51. The van der Waals surface area contributed by atoms with Gasteiger partial charge < -0.3 is 0 Å². The standard InChI is InChI=1S/C21H39N3O3/c1-19(2,3)10-13-22-16(25)23(14-11-20(4,5)6)18(27)24(17(22)26)15-12-21(7,8)9/h10-15H2,1-9H3. The van der Waals surface area contributed by atoms with Gasteiger partial charge in [-0.05, 0) is 35.5 Å². The first-order valence-electron chi connectivity index (χ1n) is 9.96. The Bertz CT molecular complexity index is 666. The van der Waals surface area contributed by atoms with Crippen molar-refractivity contribution in [2.24, 2.45) is 16.2 Å². The van der Waals surface area contributed by atoms with E-state index >= 15 is 0 Å². The van der Waals surface area contributed by atoms with Crippen molar-refractivity contribution in [1.29, 1.82) is 0 Å². The summed E-state index contributed by atoms with van der Waals surface area (Å²) in [5, 5.41) is 0. The van der Waals surface area contributed by atoms with Crippen molar-refractivity contribution < 1.29 is 0 Å². The lowest BCUT2D eigenvalue weighted by Crippen LogP contribution is -2.55. The second-order valence-electron chi connectivity index (χ2n) is 11.2. The molecular formula is C21H39N3O3. The van der Waals surface area contributed by atoms with E-state index in [1.54, 1.807) is 0 Å². The monoisotopic (exact) mass is 381 g/mol. The molecule has 0 bridgehead atoms. The van der Waals surface area contributed by atoms with Gasteiger partial charge in [0.05, 0.1) is 0 Å². The van der Waals surface area contributed by atoms with Crippen LogP contribution >= 0.6 is 0 Å². The summed E-state index contributed by atoms with van der Waals surface area (Å²) in [4.78, 5) is 38.7. The van der Waals surface area contributed by atoms with Crippen LogP contribution in [0.1, 0.15) is 81.6 Å². The highest BCUT2D eigenvalue weighted by atomic mass is 16.2. The normalized spacial score (nSPS) is 13.2. The second kappa shape index (κ2) is 8.19. The molecule has 1 aromatic heterocycles. The predicted octanol–water partition coefficient (Wildman–Crippen LogP) is 3.48. The van der Waals surface area contributed by atoms with Gasteiger partial charge in [-0.2, -0.15) is 0 Å². The fraction of sp³-hybridized carbons (Fsp3) is 0.857. The van der Waals surface area contributed by atoms with E-state index in [2.05, 4.69) is 62.3 Å². The summed E-state index contributed by atoms with van der Waals surface area (Å²) < 4.78 is 3.74. The number of nitrogens with zero attached hydrogens (tertiary/aromatic N) is 3. The summed E-state index contributed by atoms with van der Waals surface area (Å²) >= 11 is 0. The summed E-state index contributed by atoms with van der Waals surface area (Å²) in [5.74, 6) is 0. The van der Waals surface area contributed by atoms with Crippen molar-refractivity contribution in [3.05, 3.63) is 31.5 Å². The summed E-state index contributed by atoms with van der Waals surface area (Å²) in [7, 11) is 0. The van der Waals surface area contributed by atoms with Crippen LogP contribution in [0.4, 0.5) is 0 Å². The van der Waals surface area contributed by atoms with Crippen molar-refractivity contribution >= 4 is 0 Å².